The van der Waals surface area contributed by atoms with Crippen LogP contribution >= 0.6 is 24.8 Å². The monoisotopic (exact) mass is 385 g/mol. The Bertz CT molecular complexity index is 702. The Morgan fingerprint density at radius 2 is 2.04 bits per heavy atom. The summed E-state index contributed by atoms with van der Waals surface area (Å²) in [4.78, 5) is 17.3. The number of carbonyl (C=O) groups is 1. The van der Waals surface area contributed by atoms with E-state index in [0.717, 1.165) is 43.0 Å². The van der Waals surface area contributed by atoms with Gasteiger partial charge in [0.15, 0.2) is 5.82 Å². The molecule has 3 rings (SSSR count). The highest BCUT2D eigenvalue weighted by Gasteiger charge is 2.34. The second-order valence-corrected chi connectivity index (χ2v) is 6.20. The topological polar surface area (TPSA) is 85.8 Å². The second-order valence-electron chi connectivity index (χ2n) is 6.20. The summed E-state index contributed by atoms with van der Waals surface area (Å²) in [6, 6.07) is 9.30. The van der Waals surface area contributed by atoms with Gasteiger partial charge in [0.2, 0.25) is 5.91 Å². The van der Waals surface area contributed by atoms with Crippen LogP contribution in [0.4, 0.5) is 0 Å². The minimum atomic E-state index is -1.07. The average Bonchev–Trinajstić information content (AvgIpc) is 3.00. The van der Waals surface area contributed by atoms with Gasteiger partial charge in [-0.3, -0.25) is 4.79 Å². The number of amides is 1. The molecule has 0 radical (unpaired) electrons. The lowest BCUT2D eigenvalue weighted by Gasteiger charge is -2.29. The molecule has 1 aromatic carbocycles. The highest BCUT2D eigenvalue weighted by atomic mass is 35.5. The first-order chi connectivity index (χ1) is 11.0. The van der Waals surface area contributed by atoms with Crippen LogP contribution in [0.15, 0.2) is 30.3 Å². The number of aromatic nitrogens is 3. The number of hydrogen-bond donors (Lipinski definition) is 2. The molecule has 6 nitrogen and oxygen atoms in total. The maximum atomic E-state index is 12.7. The van der Waals surface area contributed by atoms with Gasteiger partial charge in [0, 0.05) is 13.0 Å². The number of benzene rings is 1. The summed E-state index contributed by atoms with van der Waals surface area (Å²) in [5, 5.41) is 7.53. The van der Waals surface area contributed by atoms with Crippen molar-refractivity contribution in [1.29, 1.82) is 0 Å². The highest BCUT2D eigenvalue weighted by Crippen LogP contribution is 2.25. The molecule has 1 aromatic heterocycles. The molecule has 2 unspecified atom stereocenters. The minimum Gasteiger partial charge on any atom is -0.344 e. The van der Waals surface area contributed by atoms with Crippen molar-refractivity contribution in [2.75, 3.05) is 0 Å². The fraction of sp³-hybridized carbons (Fsp3) is 0.471. The van der Waals surface area contributed by atoms with E-state index in [9.17, 15) is 4.79 Å². The van der Waals surface area contributed by atoms with E-state index >= 15 is 0 Å². The first-order valence-electron chi connectivity index (χ1n) is 8.11. The van der Waals surface area contributed by atoms with Crippen molar-refractivity contribution in [1.82, 2.24) is 20.1 Å². The van der Waals surface area contributed by atoms with E-state index < -0.39 is 5.54 Å². The Hall–Kier alpha value is -1.63. The first kappa shape index (κ1) is 21.4. The van der Waals surface area contributed by atoms with Crippen molar-refractivity contribution < 1.29 is 4.79 Å². The number of hydrogen-bond acceptors (Lipinski definition) is 4. The number of rotatable bonds is 4. The summed E-state index contributed by atoms with van der Waals surface area (Å²) >= 11 is 0. The van der Waals surface area contributed by atoms with Crippen LogP contribution in [0.3, 0.4) is 0 Å². The van der Waals surface area contributed by atoms with E-state index in [-0.39, 0.29) is 36.8 Å². The molecule has 0 fully saturated rings. The van der Waals surface area contributed by atoms with Crippen molar-refractivity contribution in [2.24, 2.45) is 5.73 Å². The van der Waals surface area contributed by atoms with Crippen LogP contribution in [0.5, 0.6) is 0 Å². The predicted molar refractivity (Wildman–Crippen MR) is 102 cm³/mol. The molecule has 0 aliphatic carbocycles. The van der Waals surface area contributed by atoms with Gasteiger partial charge in [-0.25, -0.2) is 9.67 Å². The van der Waals surface area contributed by atoms with Crippen LogP contribution in [-0.2, 0) is 23.3 Å². The molecule has 0 saturated carbocycles. The molecule has 1 amide bonds. The summed E-state index contributed by atoms with van der Waals surface area (Å²) in [6.45, 7) is 4.62. The largest absolute Gasteiger partial charge is 0.344 e. The lowest BCUT2D eigenvalue weighted by molar-refractivity contribution is -0.127. The molecule has 1 aliphatic heterocycles. The van der Waals surface area contributed by atoms with E-state index in [4.69, 9.17) is 5.73 Å². The molecule has 2 atom stereocenters. The number of halogens is 2. The smallest absolute Gasteiger partial charge is 0.244 e. The Kier molecular flexibility index (Phi) is 7.41. The van der Waals surface area contributed by atoms with Gasteiger partial charge in [-0.15, -0.1) is 24.8 Å². The fourth-order valence-electron chi connectivity index (χ4n) is 2.91. The molecule has 1 aliphatic rings. The van der Waals surface area contributed by atoms with Gasteiger partial charge < -0.3 is 11.1 Å². The Morgan fingerprint density at radius 3 is 2.68 bits per heavy atom. The first-order valence-corrected chi connectivity index (χ1v) is 8.11. The molecular weight excluding hydrogens is 361 g/mol. The third-order valence-corrected chi connectivity index (χ3v) is 4.39. The van der Waals surface area contributed by atoms with Crippen LogP contribution in [0, 0.1) is 0 Å². The van der Waals surface area contributed by atoms with Crippen LogP contribution < -0.4 is 11.1 Å². The van der Waals surface area contributed by atoms with Crippen molar-refractivity contribution in [3.8, 4) is 0 Å². The molecule has 25 heavy (non-hydrogen) atoms. The van der Waals surface area contributed by atoms with Gasteiger partial charge in [-0.2, -0.15) is 5.10 Å². The molecule has 3 N–H and O–H groups in total. The van der Waals surface area contributed by atoms with E-state index in [0.29, 0.717) is 0 Å². The summed E-state index contributed by atoms with van der Waals surface area (Å²) in [5.74, 6) is 1.47. The maximum absolute atomic E-state index is 12.7. The van der Waals surface area contributed by atoms with Crippen molar-refractivity contribution in [3.05, 3.63) is 47.5 Å². The molecule has 2 heterocycles. The zero-order valence-corrected chi connectivity index (χ0v) is 16.1. The standard InChI is InChI=1S/C17H23N5O.2ClH/c1-3-14-20-15-13(10-7-11-22(15)21-14)19-16(23)17(2,18)12-8-5-4-6-9-12;;/h4-6,8-9,13H,3,7,10-11,18H2,1-2H3,(H,19,23);2*1H. The lowest BCUT2D eigenvalue weighted by atomic mass is 9.91. The quantitative estimate of drug-likeness (QED) is 0.846. The molecule has 0 spiro atoms. The minimum absolute atomic E-state index is 0. The van der Waals surface area contributed by atoms with Crippen molar-refractivity contribution in [3.63, 3.8) is 0 Å². The van der Waals surface area contributed by atoms with Gasteiger partial charge in [0.25, 0.3) is 0 Å². The van der Waals surface area contributed by atoms with Crippen LogP contribution in [0.1, 0.15) is 49.9 Å². The lowest BCUT2D eigenvalue weighted by Crippen LogP contribution is -2.50. The van der Waals surface area contributed by atoms with Crippen LogP contribution in [0.2, 0.25) is 0 Å². The van der Waals surface area contributed by atoms with E-state index in [1.165, 1.54) is 0 Å². The SMILES string of the molecule is CCc1nc2n(n1)CCCC2NC(=O)C(C)(N)c1ccccc1.Cl.Cl. The van der Waals surface area contributed by atoms with Crippen LogP contribution in [-0.4, -0.2) is 20.7 Å². The molecular formula is C17H25Cl2N5O. The molecule has 0 saturated heterocycles. The third-order valence-electron chi connectivity index (χ3n) is 4.39. The summed E-state index contributed by atoms with van der Waals surface area (Å²) in [7, 11) is 0. The van der Waals surface area contributed by atoms with E-state index in [1.807, 2.05) is 41.9 Å². The third kappa shape index (κ3) is 4.32. The predicted octanol–water partition coefficient (Wildman–Crippen LogP) is 2.51. The van der Waals surface area contributed by atoms with Gasteiger partial charge in [0.05, 0.1) is 6.04 Å². The molecule has 138 valence electrons. The fourth-order valence-corrected chi connectivity index (χ4v) is 2.91. The number of nitrogens with zero attached hydrogens (tertiary/aromatic N) is 3. The number of fused-ring (bicyclic) bond motifs is 1. The van der Waals surface area contributed by atoms with E-state index in [2.05, 4.69) is 15.4 Å². The van der Waals surface area contributed by atoms with Crippen molar-refractivity contribution in [2.45, 2.75) is 51.2 Å². The van der Waals surface area contributed by atoms with E-state index in [1.54, 1.807) is 6.92 Å². The maximum Gasteiger partial charge on any atom is 0.244 e. The van der Waals surface area contributed by atoms with Crippen molar-refractivity contribution >= 4 is 30.7 Å². The average molecular weight is 386 g/mol. The summed E-state index contributed by atoms with van der Waals surface area (Å²) < 4.78 is 1.91. The zero-order valence-electron chi connectivity index (χ0n) is 14.4. The summed E-state index contributed by atoms with van der Waals surface area (Å²) in [6.07, 6.45) is 2.62. The second kappa shape index (κ2) is 8.65. The molecule has 2 aromatic rings. The molecule has 8 heteroatoms. The zero-order chi connectivity index (χ0) is 16.4. The number of aryl methyl sites for hydroxylation is 2. The van der Waals surface area contributed by atoms with Gasteiger partial charge in [0.1, 0.15) is 11.4 Å². The molecule has 0 bridgehead atoms. The van der Waals surface area contributed by atoms with Gasteiger partial charge in [-0.05, 0) is 25.3 Å². The normalized spacial score (nSPS) is 18.1. The van der Waals surface area contributed by atoms with Gasteiger partial charge in [-0.1, -0.05) is 37.3 Å². The highest BCUT2D eigenvalue weighted by molar-refractivity contribution is 5.87. The van der Waals surface area contributed by atoms with Gasteiger partial charge >= 0.3 is 0 Å². The van der Waals surface area contributed by atoms with Crippen LogP contribution in [0.25, 0.3) is 0 Å². The Morgan fingerprint density at radius 1 is 1.36 bits per heavy atom. The Balaban J connectivity index is 0.00000156. The number of nitrogens with two attached hydrogens (primary N) is 1. The Labute approximate surface area is 160 Å². The summed E-state index contributed by atoms with van der Waals surface area (Å²) in [5.41, 5.74) is 6.02. The number of nitrogens with one attached hydrogen (secondary N) is 1. The number of carbonyl (C=O) groups excluding carboxylic acids is 1.